The second-order valence-electron chi connectivity index (χ2n) is 4.34. The molecule has 3 rings (SSSR count). The summed E-state index contributed by atoms with van der Waals surface area (Å²) in [7, 11) is 0. The largest absolute Gasteiger partial charge is 0.421 e. The van der Waals surface area contributed by atoms with Gasteiger partial charge in [-0.05, 0) is 24.3 Å². The van der Waals surface area contributed by atoms with E-state index in [0.29, 0.717) is 0 Å². The van der Waals surface area contributed by atoms with E-state index in [9.17, 15) is 19.7 Å². The summed E-state index contributed by atoms with van der Waals surface area (Å²) in [6, 6.07) is 9.61. The number of H-pyrrole nitrogens is 1. The number of benzene rings is 2. The molecule has 8 heteroatoms. The Bertz CT molecular complexity index is 922. The molecule has 0 atom stereocenters. The molecule has 0 saturated carbocycles. The number of carbonyl (C=O) groups is 1. The molecular weight excluding hydrogens is 292 g/mol. The van der Waals surface area contributed by atoms with E-state index in [2.05, 4.69) is 4.98 Å². The second-order valence-corrected chi connectivity index (χ2v) is 4.34. The molecule has 1 N–H and O–H groups in total. The smallest absolute Gasteiger partial charge is 0.417 e. The summed E-state index contributed by atoms with van der Waals surface area (Å²) in [5.41, 5.74) is 0.549. The van der Waals surface area contributed by atoms with Crippen molar-refractivity contribution < 1.29 is 18.9 Å². The zero-order chi connectivity index (χ0) is 15.7. The van der Waals surface area contributed by atoms with Crippen molar-refractivity contribution in [1.82, 2.24) is 4.98 Å². The molecule has 0 spiro atoms. The summed E-state index contributed by atoms with van der Waals surface area (Å²) < 4.78 is 10.0. The molecule has 110 valence electrons. The lowest BCUT2D eigenvalue weighted by atomic mass is 10.2. The summed E-state index contributed by atoms with van der Waals surface area (Å²) in [6.07, 6.45) is 0. The Kier molecular flexibility index (Phi) is 3.18. The first-order chi connectivity index (χ1) is 10.5. The molecule has 3 aromatic rings. The Morgan fingerprint density at radius 1 is 1.18 bits per heavy atom. The van der Waals surface area contributed by atoms with Gasteiger partial charge in [-0.25, -0.2) is 9.59 Å². The van der Waals surface area contributed by atoms with Gasteiger partial charge in [0.1, 0.15) is 5.52 Å². The van der Waals surface area contributed by atoms with Crippen LogP contribution in [0.5, 0.6) is 5.75 Å². The molecule has 0 bridgehead atoms. The van der Waals surface area contributed by atoms with Crippen molar-refractivity contribution in [3.63, 3.8) is 0 Å². The molecule has 0 unspecified atom stereocenters. The van der Waals surface area contributed by atoms with Gasteiger partial charge in [-0.1, -0.05) is 6.07 Å². The first-order valence-corrected chi connectivity index (χ1v) is 6.13. The fourth-order valence-electron chi connectivity index (χ4n) is 1.91. The third-order valence-corrected chi connectivity index (χ3v) is 2.93. The fourth-order valence-corrected chi connectivity index (χ4v) is 1.91. The lowest BCUT2D eigenvalue weighted by Gasteiger charge is -2.04. The summed E-state index contributed by atoms with van der Waals surface area (Å²) in [5.74, 6) is -1.23. The molecule has 0 aliphatic heterocycles. The number of hydrogen-bond acceptors (Lipinski definition) is 6. The van der Waals surface area contributed by atoms with Crippen LogP contribution in [0.1, 0.15) is 10.4 Å². The van der Waals surface area contributed by atoms with Crippen LogP contribution in [-0.4, -0.2) is 15.9 Å². The minimum absolute atomic E-state index is 0.127. The maximum Gasteiger partial charge on any atom is 0.417 e. The number of aromatic amines is 1. The Morgan fingerprint density at radius 2 is 1.91 bits per heavy atom. The van der Waals surface area contributed by atoms with Gasteiger partial charge in [0.2, 0.25) is 0 Å². The number of ether oxygens (including phenoxy) is 1. The summed E-state index contributed by atoms with van der Waals surface area (Å²) in [6.45, 7) is 0. The quantitative estimate of drug-likeness (QED) is 0.343. The van der Waals surface area contributed by atoms with Gasteiger partial charge < -0.3 is 9.15 Å². The van der Waals surface area contributed by atoms with Crippen LogP contribution in [0.2, 0.25) is 0 Å². The van der Waals surface area contributed by atoms with Crippen molar-refractivity contribution in [3.8, 4) is 5.75 Å². The van der Waals surface area contributed by atoms with Gasteiger partial charge in [0.25, 0.3) is 5.69 Å². The predicted octanol–water partition coefficient (Wildman–Crippen LogP) is 2.25. The van der Waals surface area contributed by atoms with Crippen molar-refractivity contribution in [2.24, 2.45) is 0 Å². The van der Waals surface area contributed by atoms with E-state index in [-0.39, 0.29) is 28.1 Å². The number of esters is 1. The number of carbonyl (C=O) groups excluding carboxylic acids is 1. The number of oxazole rings is 1. The van der Waals surface area contributed by atoms with E-state index >= 15 is 0 Å². The van der Waals surface area contributed by atoms with Crippen LogP contribution in [0.3, 0.4) is 0 Å². The minimum atomic E-state index is -0.704. The SMILES string of the molecule is O=C(Oc1cccc2oc(=O)[nH]c12)c1ccc([N+](=O)[O-])cc1. The third-order valence-electron chi connectivity index (χ3n) is 2.93. The second kappa shape index (κ2) is 5.17. The maximum atomic E-state index is 12.0. The van der Waals surface area contributed by atoms with Crippen LogP contribution in [0.25, 0.3) is 11.1 Å². The van der Waals surface area contributed by atoms with Crippen LogP contribution in [-0.2, 0) is 0 Å². The topological polar surface area (TPSA) is 115 Å². The molecule has 1 aromatic heterocycles. The highest BCUT2D eigenvalue weighted by Crippen LogP contribution is 2.23. The summed E-state index contributed by atoms with van der Waals surface area (Å²) in [4.78, 5) is 35.6. The molecule has 1 heterocycles. The number of hydrogen-bond donors (Lipinski definition) is 1. The Labute approximate surface area is 122 Å². The van der Waals surface area contributed by atoms with E-state index in [4.69, 9.17) is 9.15 Å². The lowest BCUT2D eigenvalue weighted by Crippen LogP contribution is -2.09. The number of rotatable bonds is 3. The van der Waals surface area contributed by atoms with E-state index < -0.39 is 16.6 Å². The zero-order valence-corrected chi connectivity index (χ0v) is 10.9. The highest BCUT2D eigenvalue weighted by molar-refractivity contribution is 5.93. The third kappa shape index (κ3) is 2.44. The van der Waals surface area contributed by atoms with Gasteiger partial charge in [0.05, 0.1) is 10.5 Å². The number of aromatic nitrogens is 1. The van der Waals surface area contributed by atoms with Crippen LogP contribution >= 0.6 is 0 Å². The van der Waals surface area contributed by atoms with Crippen molar-refractivity contribution in [1.29, 1.82) is 0 Å². The van der Waals surface area contributed by atoms with Crippen LogP contribution < -0.4 is 10.5 Å². The predicted molar refractivity (Wildman–Crippen MR) is 74.9 cm³/mol. The van der Waals surface area contributed by atoms with Crippen molar-refractivity contribution in [3.05, 3.63) is 68.7 Å². The molecule has 22 heavy (non-hydrogen) atoms. The molecule has 8 nitrogen and oxygen atoms in total. The zero-order valence-electron chi connectivity index (χ0n) is 10.9. The fraction of sp³-hybridized carbons (Fsp3) is 0. The Hall–Kier alpha value is -3.42. The molecule has 0 saturated heterocycles. The lowest BCUT2D eigenvalue weighted by molar-refractivity contribution is -0.384. The standard InChI is InChI=1S/C14H8N2O6/c17-13(8-4-6-9(7-5-8)16(19)20)21-10-2-1-3-11-12(10)15-14(18)22-11/h1-7H,(H,15,18). The summed E-state index contributed by atoms with van der Waals surface area (Å²) >= 11 is 0. The van der Waals surface area contributed by atoms with E-state index in [1.165, 1.54) is 30.3 Å². The Morgan fingerprint density at radius 3 is 2.59 bits per heavy atom. The number of nitrogens with one attached hydrogen (secondary N) is 1. The van der Waals surface area contributed by atoms with Gasteiger partial charge in [-0.2, -0.15) is 0 Å². The average Bonchev–Trinajstić information content (AvgIpc) is 2.88. The van der Waals surface area contributed by atoms with Crippen LogP contribution in [0.15, 0.2) is 51.7 Å². The van der Waals surface area contributed by atoms with Crippen molar-refractivity contribution >= 4 is 22.8 Å². The van der Waals surface area contributed by atoms with Gasteiger partial charge in [-0.3, -0.25) is 15.1 Å². The average molecular weight is 300 g/mol. The van der Waals surface area contributed by atoms with Gasteiger partial charge in [0.15, 0.2) is 11.3 Å². The monoisotopic (exact) mass is 300 g/mol. The van der Waals surface area contributed by atoms with E-state index in [1.54, 1.807) is 12.1 Å². The van der Waals surface area contributed by atoms with Gasteiger partial charge >= 0.3 is 11.7 Å². The van der Waals surface area contributed by atoms with E-state index in [0.717, 1.165) is 0 Å². The normalized spacial score (nSPS) is 10.5. The van der Waals surface area contributed by atoms with Crippen molar-refractivity contribution in [2.45, 2.75) is 0 Å². The molecule has 2 aromatic carbocycles. The van der Waals surface area contributed by atoms with Gasteiger partial charge in [0, 0.05) is 12.1 Å². The highest BCUT2D eigenvalue weighted by Gasteiger charge is 2.14. The van der Waals surface area contributed by atoms with Crippen LogP contribution in [0.4, 0.5) is 5.69 Å². The first kappa shape index (κ1) is 13.6. The van der Waals surface area contributed by atoms with E-state index in [1.807, 2.05) is 0 Å². The number of non-ortho nitro benzene ring substituents is 1. The number of para-hydroxylation sites is 1. The number of fused-ring (bicyclic) bond motifs is 1. The molecule has 0 aliphatic carbocycles. The Balaban J connectivity index is 1.89. The maximum absolute atomic E-state index is 12.0. The highest BCUT2D eigenvalue weighted by atomic mass is 16.6. The molecule has 0 radical (unpaired) electrons. The van der Waals surface area contributed by atoms with Crippen LogP contribution in [0, 0.1) is 10.1 Å². The number of nitro benzene ring substituents is 1. The first-order valence-electron chi connectivity index (χ1n) is 6.13. The molecule has 0 fully saturated rings. The number of nitro groups is 1. The molecule has 0 aliphatic rings. The van der Waals surface area contributed by atoms with Gasteiger partial charge in [-0.15, -0.1) is 0 Å². The summed E-state index contributed by atoms with van der Waals surface area (Å²) in [5, 5.41) is 10.6. The minimum Gasteiger partial charge on any atom is -0.421 e. The molecular formula is C14H8N2O6. The number of nitrogens with zero attached hydrogens (tertiary/aromatic N) is 1. The van der Waals surface area contributed by atoms with Crippen molar-refractivity contribution in [2.75, 3.05) is 0 Å². The molecule has 0 amide bonds.